The first-order valence-corrected chi connectivity index (χ1v) is 8.35. The van der Waals surface area contributed by atoms with Crippen molar-refractivity contribution < 1.29 is 9.53 Å². The molecule has 0 atom stereocenters. The molecule has 0 radical (unpaired) electrons. The SMILES string of the molecule is CCOC(=O)c1c(Cc2ccc(Br)cc2Cl)n(C)c(=O)n(C)c1=O. The molecule has 2 aromatic rings. The van der Waals surface area contributed by atoms with E-state index >= 15 is 0 Å². The first kappa shape index (κ1) is 18.5. The number of hydrogen-bond donors (Lipinski definition) is 0. The second kappa shape index (κ2) is 7.36. The van der Waals surface area contributed by atoms with Crippen LogP contribution in [0.4, 0.5) is 0 Å². The average molecular weight is 416 g/mol. The number of nitrogens with zero attached hydrogens (tertiary/aromatic N) is 2. The summed E-state index contributed by atoms with van der Waals surface area (Å²) in [5, 5.41) is 0.465. The van der Waals surface area contributed by atoms with Crippen LogP contribution in [0, 0.1) is 0 Å². The minimum absolute atomic E-state index is 0.128. The Balaban J connectivity index is 2.69. The Labute approximate surface area is 151 Å². The number of carbonyl (C=O) groups excluding carboxylic acids is 1. The van der Waals surface area contributed by atoms with Crippen molar-refractivity contribution in [2.45, 2.75) is 13.3 Å². The lowest BCUT2D eigenvalue weighted by Gasteiger charge is -2.15. The molecule has 0 fully saturated rings. The maximum Gasteiger partial charge on any atom is 0.345 e. The normalized spacial score (nSPS) is 10.7. The molecule has 8 heteroatoms. The molecule has 1 heterocycles. The first-order valence-electron chi connectivity index (χ1n) is 7.17. The fourth-order valence-corrected chi connectivity index (χ4v) is 3.09. The maximum absolute atomic E-state index is 12.4. The zero-order chi connectivity index (χ0) is 18.0. The monoisotopic (exact) mass is 414 g/mol. The summed E-state index contributed by atoms with van der Waals surface area (Å²) in [4.78, 5) is 36.9. The van der Waals surface area contributed by atoms with Crippen molar-refractivity contribution >= 4 is 33.5 Å². The van der Waals surface area contributed by atoms with Gasteiger partial charge in [0.2, 0.25) is 0 Å². The molecule has 0 bridgehead atoms. The van der Waals surface area contributed by atoms with Gasteiger partial charge in [0.25, 0.3) is 5.56 Å². The molecular formula is C16H16BrClN2O4. The highest BCUT2D eigenvalue weighted by Crippen LogP contribution is 2.24. The smallest absolute Gasteiger partial charge is 0.345 e. The van der Waals surface area contributed by atoms with Crippen molar-refractivity contribution in [3.8, 4) is 0 Å². The predicted octanol–water partition coefficient (Wildman–Crippen LogP) is 2.27. The van der Waals surface area contributed by atoms with Gasteiger partial charge in [-0.05, 0) is 24.6 Å². The van der Waals surface area contributed by atoms with Crippen LogP contribution in [-0.2, 0) is 25.3 Å². The molecule has 0 saturated heterocycles. The van der Waals surface area contributed by atoms with Crippen molar-refractivity contribution in [2.24, 2.45) is 14.1 Å². The molecule has 0 amide bonds. The summed E-state index contributed by atoms with van der Waals surface area (Å²) in [5.74, 6) is -0.753. The molecule has 0 saturated carbocycles. The van der Waals surface area contributed by atoms with Crippen LogP contribution in [0.25, 0.3) is 0 Å². The second-order valence-corrected chi connectivity index (χ2v) is 6.48. The van der Waals surface area contributed by atoms with E-state index in [1.165, 1.54) is 18.7 Å². The molecule has 0 spiro atoms. The minimum atomic E-state index is -0.753. The van der Waals surface area contributed by atoms with Crippen LogP contribution in [0.1, 0.15) is 28.5 Å². The topological polar surface area (TPSA) is 70.3 Å². The molecule has 0 N–H and O–H groups in total. The van der Waals surface area contributed by atoms with E-state index < -0.39 is 17.2 Å². The number of ether oxygens (including phenoxy) is 1. The van der Waals surface area contributed by atoms with Crippen LogP contribution in [-0.4, -0.2) is 21.7 Å². The van der Waals surface area contributed by atoms with E-state index in [9.17, 15) is 14.4 Å². The van der Waals surface area contributed by atoms with Gasteiger partial charge in [0.05, 0.1) is 6.61 Å². The van der Waals surface area contributed by atoms with Crippen molar-refractivity contribution in [1.82, 2.24) is 9.13 Å². The maximum atomic E-state index is 12.4. The van der Waals surface area contributed by atoms with Gasteiger partial charge in [0, 0.05) is 35.7 Å². The Bertz CT molecular complexity index is 918. The summed E-state index contributed by atoms with van der Waals surface area (Å²) in [5.41, 5.74) is -0.393. The third-order valence-corrected chi connectivity index (χ3v) is 4.48. The first-order chi connectivity index (χ1) is 11.3. The third kappa shape index (κ3) is 3.47. The third-order valence-electron chi connectivity index (χ3n) is 3.64. The Morgan fingerprint density at radius 1 is 1.25 bits per heavy atom. The van der Waals surface area contributed by atoms with Gasteiger partial charge in [-0.2, -0.15) is 0 Å². The number of carbonyl (C=O) groups is 1. The lowest BCUT2D eigenvalue weighted by Crippen LogP contribution is -2.42. The van der Waals surface area contributed by atoms with Crippen molar-refractivity contribution in [2.75, 3.05) is 6.61 Å². The molecule has 1 aromatic carbocycles. The number of hydrogen-bond acceptors (Lipinski definition) is 4. The number of halogens is 2. The van der Waals surface area contributed by atoms with Crippen molar-refractivity contribution in [3.05, 3.63) is 65.4 Å². The van der Waals surface area contributed by atoms with Crippen LogP contribution in [0.15, 0.2) is 32.3 Å². The Morgan fingerprint density at radius 3 is 2.50 bits per heavy atom. The molecule has 6 nitrogen and oxygen atoms in total. The number of aromatic nitrogens is 2. The van der Waals surface area contributed by atoms with E-state index in [1.807, 2.05) is 0 Å². The van der Waals surface area contributed by atoms with Gasteiger partial charge in [-0.3, -0.25) is 13.9 Å². The Kier molecular flexibility index (Phi) is 5.66. The molecule has 1 aromatic heterocycles. The lowest BCUT2D eigenvalue weighted by molar-refractivity contribution is 0.0520. The minimum Gasteiger partial charge on any atom is -0.462 e. The highest BCUT2D eigenvalue weighted by Gasteiger charge is 2.23. The molecule has 0 aliphatic rings. The van der Waals surface area contributed by atoms with Crippen LogP contribution >= 0.6 is 27.5 Å². The fraction of sp³-hybridized carbons (Fsp3) is 0.312. The fourth-order valence-electron chi connectivity index (χ4n) is 2.35. The van der Waals surface area contributed by atoms with Gasteiger partial charge < -0.3 is 4.74 Å². The molecular weight excluding hydrogens is 400 g/mol. The van der Waals surface area contributed by atoms with Gasteiger partial charge >= 0.3 is 11.7 Å². The zero-order valence-corrected chi connectivity index (χ0v) is 15.8. The van der Waals surface area contributed by atoms with E-state index in [4.69, 9.17) is 16.3 Å². The lowest BCUT2D eigenvalue weighted by atomic mass is 10.1. The highest BCUT2D eigenvalue weighted by molar-refractivity contribution is 9.10. The van der Waals surface area contributed by atoms with Crippen LogP contribution in [0.2, 0.25) is 5.02 Å². The van der Waals surface area contributed by atoms with E-state index in [-0.39, 0.29) is 24.3 Å². The molecule has 128 valence electrons. The summed E-state index contributed by atoms with van der Waals surface area (Å²) in [6, 6.07) is 5.27. The highest BCUT2D eigenvalue weighted by atomic mass is 79.9. The van der Waals surface area contributed by atoms with Gasteiger partial charge in [-0.1, -0.05) is 33.6 Å². The van der Waals surface area contributed by atoms with Crippen molar-refractivity contribution in [3.63, 3.8) is 0 Å². The predicted molar refractivity (Wildman–Crippen MR) is 94.8 cm³/mol. The summed E-state index contributed by atoms with van der Waals surface area (Å²) in [6.07, 6.45) is 0.155. The molecule has 24 heavy (non-hydrogen) atoms. The number of esters is 1. The molecule has 2 rings (SSSR count). The summed E-state index contributed by atoms with van der Waals surface area (Å²) < 4.78 is 7.94. The van der Waals surface area contributed by atoms with E-state index in [0.29, 0.717) is 10.6 Å². The van der Waals surface area contributed by atoms with E-state index in [2.05, 4.69) is 15.9 Å². The summed E-state index contributed by atoms with van der Waals surface area (Å²) in [6.45, 7) is 1.78. The summed E-state index contributed by atoms with van der Waals surface area (Å²) in [7, 11) is 2.83. The van der Waals surface area contributed by atoms with E-state index in [0.717, 1.165) is 9.04 Å². The van der Waals surface area contributed by atoms with Crippen molar-refractivity contribution in [1.29, 1.82) is 0 Å². The Morgan fingerprint density at radius 2 is 1.92 bits per heavy atom. The largest absolute Gasteiger partial charge is 0.462 e. The van der Waals surface area contributed by atoms with Crippen LogP contribution < -0.4 is 11.2 Å². The van der Waals surface area contributed by atoms with Gasteiger partial charge in [0.1, 0.15) is 5.56 Å². The molecule has 0 unspecified atom stereocenters. The van der Waals surface area contributed by atoms with Gasteiger partial charge in [0.15, 0.2) is 0 Å². The van der Waals surface area contributed by atoms with Gasteiger partial charge in [-0.25, -0.2) is 9.59 Å². The zero-order valence-electron chi connectivity index (χ0n) is 13.4. The molecule has 0 aliphatic carbocycles. The average Bonchev–Trinajstić information content (AvgIpc) is 2.53. The quantitative estimate of drug-likeness (QED) is 0.718. The number of benzene rings is 1. The molecule has 0 aliphatic heterocycles. The van der Waals surface area contributed by atoms with Crippen LogP contribution in [0.3, 0.4) is 0 Å². The number of rotatable bonds is 4. The standard InChI is InChI=1S/C16H16BrClN2O4/c1-4-24-15(22)13-12(19(2)16(23)20(3)14(13)21)7-9-5-6-10(17)8-11(9)18/h5-6,8H,4,7H2,1-3H3. The summed E-state index contributed by atoms with van der Waals surface area (Å²) >= 11 is 9.54. The van der Waals surface area contributed by atoms with Gasteiger partial charge in [-0.15, -0.1) is 0 Å². The van der Waals surface area contributed by atoms with Crippen LogP contribution in [0.5, 0.6) is 0 Å². The Hall–Kier alpha value is -1.86. The van der Waals surface area contributed by atoms with E-state index in [1.54, 1.807) is 25.1 Å². The second-order valence-electron chi connectivity index (χ2n) is 5.16.